The second kappa shape index (κ2) is 18.3. The average Bonchev–Trinajstić information content (AvgIpc) is 3.31. The Morgan fingerprint density at radius 3 is 2.34 bits per heavy atom. The Hall–Kier alpha value is -2.23. The lowest BCUT2D eigenvalue weighted by atomic mass is 9.82. The minimum atomic E-state index is -2.85. The number of aldehydes is 1. The summed E-state index contributed by atoms with van der Waals surface area (Å²) in [5.74, 6) is 1.16. The van der Waals surface area contributed by atoms with Gasteiger partial charge in [0.25, 0.3) is 6.43 Å². The molecule has 6 nitrogen and oxygen atoms in total. The maximum atomic E-state index is 14.1. The van der Waals surface area contributed by atoms with Crippen LogP contribution in [0.2, 0.25) is 5.28 Å². The molecule has 232 valence electrons. The number of anilines is 1. The van der Waals surface area contributed by atoms with Crippen LogP contribution in [0.25, 0.3) is 0 Å². The fraction of sp³-hybridized carbons (Fsp3) is 0.645. The fourth-order valence-electron chi connectivity index (χ4n) is 3.90. The van der Waals surface area contributed by atoms with Gasteiger partial charge in [-0.1, -0.05) is 73.1 Å². The van der Waals surface area contributed by atoms with Crippen molar-refractivity contribution in [1.82, 2.24) is 14.9 Å². The largest absolute Gasteiger partial charge is 0.381 e. The van der Waals surface area contributed by atoms with Gasteiger partial charge in [0, 0.05) is 42.1 Å². The number of alkyl halides is 2. The summed E-state index contributed by atoms with van der Waals surface area (Å²) in [6.07, 6.45) is 1.41. The number of ether oxygens (including phenoxy) is 1. The molecular formula is C31H48ClF3N4O2. The van der Waals surface area contributed by atoms with Crippen LogP contribution in [0.4, 0.5) is 19.0 Å². The quantitative estimate of drug-likeness (QED) is 0.230. The van der Waals surface area contributed by atoms with Gasteiger partial charge in [-0.05, 0) is 37.4 Å². The standard InChI is InChI=1S/C15H14ClF3N4.C10H20O.C4H8O.C2H6/c1-23-6-10-11(7-23)21-15(16)22-14(10)20-5-8-3-2-4-9(12(8)17)13(18)19;1-5-10(4,8-11)7-6-9(2)3;1-4-2-5-3-4;1-2/h2-4,13H,5-7H2,1H3,(H,20,21,22);8-9H,5-7H2,1-4H3;4H,2-3H2,1H3;1-2H3. The van der Waals surface area contributed by atoms with Crippen molar-refractivity contribution >= 4 is 23.7 Å². The van der Waals surface area contributed by atoms with E-state index in [1.54, 1.807) is 0 Å². The second-order valence-corrected chi connectivity index (χ2v) is 11.5. The Kier molecular flexibility index (Phi) is 16.5. The van der Waals surface area contributed by atoms with Crippen LogP contribution in [0.1, 0.15) is 96.5 Å². The molecule has 1 aromatic carbocycles. The number of carbonyl (C=O) groups is 1. The number of hydrogen-bond donors (Lipinski definition) is 1. The van der Waals surface area contributed by atoms with E-state index in [1.807, 2.05) is 32.7 Å². The lowest BCUT2D eigenvalue weighted by molar-refractivity contribution is -0.116. The molecule has 2 aromatic rings. The van der Waals surface area contributed by atoms with Crippen LogP contribution in [0.15, 0.2) is 18.2 Å². The number of nitrogens with one attached hydrogen (secondary N) is 1. The predicted molar refractivity (Wildman–Crippen MR) is 161 cm³/mol. The van der Waals surface area contributed by atoms with E-state index < -0.39 is 17.8 Å². The van der Waals surface area contributed by atoms with Gasteiger partial charge in [0.15, 0.2) is 0 Å². The molecule has 2 aliphatic heterocycles. The molecule has 3 heterocycles. The van der Waals surface area contributed by atoms with Crippen molar-refractivity contribution in [2.75, 3.05) is 25.6 Å². The first-order chi connectivity index (χ1) is 19.4. The van der Waals surface area contributed by atoms with Crippen LogP contribution in [-0.4, -0.2) is 41.4 Å². The van der Waals surface area contributed by atoms with E-state index in [0.717, 1.165) is 62.0 Å². The van der Waals surface area contributed by atoms with Crippen LogP contribution in [0, 0.1) is 23.1 Å². The highest BCUT2D eigenvalue weighted by Crippen LogP contribution is 2.29. The first kappa shape index (κ1) is 36.8. The lowest BCUT2D eigenvalue weighted by Gasteiger charge is -2.21. The highest BCUT2D eigenvalue weighted by Gasteiger charge is 2.23. The van der Waals surface area contributed by atoms with Gasteiger partial charge in [-0.2, -0.15) is 0 Å². The van der Waals surface area contributed by atoms with Crippen molar-refractivity contribution < 1.29 is 22.7 Å². The zero-order chi connectivity index (χ0) is 31.2. The van der Waals surface area contributed by atoms with E-state index >= 15 is 0 Å². The number of halogens is 4. The number of hydrogen-bond acceptors (Lipinski definition) is 6. The van der Waals surface area contributed by atoms with Gasteiger partial charge in [-0.25, -0.2) is 23.1 Å². The van der Waals surface area contributed by atoms with Crippen LogP contribution in [-0.2, 0) is 29.2 Å². The highest BCUT2D eigenvalue weighted by atomic mass is 35.5. The Morgan fingerprint density at radius 2 is 1.85 bits per heavy atom. The zero-order valence-electron chi connectivity index (χ0n) is 25.9. The van der Waals surface area contributed by atoms with Gasteiger partial charge in [-0.15, -0.1) is 0 Å². The minimum Gasteiger partial charge on any atom is -0.381 e. The number of nitrogens with zero attached hydrogens (tertiary/aromatic N) is 3. The van der Waals surface area contributed by atoms with Crippen molar-refractivity contribution in [2.24, 2.45) is 17.3 Å². The summed E-state index contributed by atoms with van der Waals surface area (Å²) in [6.45, 7) is 18.0. The average molecular weight is 601 g/mol. The molecule has 1 unspecified atom stereocenters. The molecule has 0 saturated carbocycles. The molecule has 4 rings (SSSR count). The summed E-state index contributed by atoms with van der Waals surface area (Å²) in [7, 11) is 1.94. The Bertz CT molecular complexity index is 1070. The first-order valence-electron chi connectivity index (χ1n) is 14.5. The van der Waals surface area contributed by atoms with Gasteiger partial charge in [0.05, 0.1) is 24.5 Å². The molecule has 1 N–H and O–H groups in total. The van der Waals surface area contributed by atoms with E-state index in [9.17, 15) is 18.0 Å². The number of aromatic nitrogens is 2. The normalized spacial score (nSPS) is 15.8. The second-order valence-electron chi connectivity index (χ2n) is 11.1. The Balaban J connectivity index is 0.000000387. The third kappa shape index (κ3) is 12.3. The molecule has 1 saturated heterocycles. The van der Waals surface area contributed by atoms with Crippen LogP contribution in [0.3, 0.4) is 0 Å². The maximum absolute atomic E-state index is 14.1. The molecule has 0 spiro atoms. The smallest absolute Gasteiger partial charge is 0.266 e. The van der Waals surface area contributed by atoms with Crippen molar-refractivity contribution in [3.05, 3.63) is 51.7 Å². The predicted octanol–water partition coefficient (Wildman–Crippen LogP) is 8.48. The number of fused-ring (bicyclic) bond motifs is 1. The maximum Gasteiger partial charge on any atom is 0.266 e. The van der Waals surface area contributed by atoms with Gasteiger partial charge in [-0.3, -0.25) is 4.90 Å². The SMILES string of the molecule is CC.CC1COC1.CCC(C)(C=O)CCC(C)C.CN1Cc2nc(Cl)nc(NCc3cccc(C(F)F)c3F)c2C1. The Morgan fingerprint density at radius 1 is 1.22 bits per heavy atom. The van der Waals surface area contributed by atoms with Gasteiger partial charge >= 0.3 is 0 Å². The summed E-state index contributed by atoms with van der Waals surface area (Å²) >= 11 is 5.90. The zero-order valence-corrected chi connectivity index (χ0v) is 26.6. The number of carbonyl (C=O) groups excluding carboxylic acids is 1. The van der Waals surface area contributed by atoms with Crippen LogP contribution < -0.4 is 5.32 Å². The van der Waals surface area contributed by atoms with Gasteiger partial charge < -0.3 is 14.8 Å². The molecule has 0 bridgehead atoms. The molecular weight excluding hydrogens is 553 g/mol. The molecule has 0 aliphatic carbocycles. The third-order valence-corrected chi connectivity index (χ3v) is 7.06. The summed E-state index contributed by atoms with van der Waals surface area (Å²) in [6, 6.07) is 3.95. The molecule has 41 heavy (non-hydrogen) atoms. The van der Waals surface area contributed by atoms with Crippen molar-refractivity contribution in [1.29, 1.82) is 0 Å². The van der Waals surface area contributed by atoms with E-state index in [0.29, 0.717) is 24.8 Å². The molecule has 0 radical (unpaired) electrons. The molecule has 1 fully saturated rings. The van der Waals surface area contributed by atoms with Gasteiger partial charge in [0.1, 0.15) is 17.9 Å². The van der Waals surface area contributed by atoms with E-state index in [-0.39, 0.29) is 22.8 Å². The van der Waals surface area contributed by atoms with E-state index in [1.165, 1.54) is 12.1 Å². The topological polar surface area (TPSA) is 67.3 Å². The fourth-order valence-corrected chi connectivity index (χ4v) is 4.09. The summed E-state index contributed by atoms with van der Waals surface area (Å²) < 4.78 is 44.4. The lowest BCUT2D eigenvalue weighted by Crippen LogP contribution is -2.23. The summed E-state index contributed by atoms with van der Waals surface area (Å²) in [4.78, 5) is 21.0. The molecule has 2 aliphatic rings. The molecule has 1 aromatic heterocycles. The summed E-state index contributed by atoms with van der Waals surface area (Å²) in [5.41, 5.74) is 1.19. The Labute approximate surface area is 249 Å². The first-order valence-corrected chi connectivity index (χ1v) is 14.8. The van der Waals surface area contributed by atoms with Crippen molar-refractivity contribution in [3.8, 4) is 0 Å². The van der Waals surface area contributed by atoms with Gasteiger partial charge in [0.2, 0.25) is 5.28 Å². The molecule has 1 atom stereocenters. The van der Waals surface area contributed by atoms with E-state index in [2.05, 4.69) is 43.0 Å². The monoisotopic (exact) mass is 600 g/mol. The third-order valence-electron chi connectivity index (χ3n) is 6.89. The molecule has 0 amide bonds. The summed E-state index contributed by atoms with van der Waals surface area (Å²) in [5, 5.41) is 3.08. The van der Waals surface area contributed by atoms with Crippen molar-refractivity contribution in [2.45, 2.75) is 93.8 Å². The van der Waals surface area contributed by atoms with Crippen LogP contribution in [0.5, 0.6) is 0 Å². The van der Waals surface area contributed by atoms with Crippen LogP contribution >= 0.6 is 11.6 Å². The minimum absolute atomic E-state index is 0.0376. The highest BCUT2D eigenvalue weighted by molar-refractivity contribution is 6.28. The van der Waals surface area contributed by atoms with Crippen molar-refractivity contribution in [3.63, 3.8) is 0 Å². The number of benzene rings is 1. The van der Waals surface area contributed by atoms with E-state index in [4.69, 9.17) is 16.3 Å². The number of rotatable bonds is 9. The molecule has 10 heteroatoms.